The van der Waals surface area contributed by atoms with Crippen LogP contribution in [-0.4, -0.2) is 37.0 Å². The molecule has 0 bridgehead atoms. The van der Waals surface area contributed by atoms with Gasteiger partial charge in [0.2, 0.25) is 0 Å². The van der Waals surface area contributed by atoms with Crippen molar-refractivity contribution in [2.24, 2.45) is 0 Å². The first-order chi connectivity index (χ1) is 11.6. The summed E-state index contributed by atoms with van der Waals surface area (Å²) < 4.78 is 0. The van der Waals surface area contributed by atoms with Crippen LogP contribution in [0.2, 0.25) is 0 Å². The molecule has 0 spiro atoms. The lowest BCUT2D eigenvalue weighted by Crippen LogP contribution is -2.24. The van der Waals surface area contributed by atoms with Crippen molar-refractivity contribution in [3.05, 3.63) is 63.7 Å². The Morgan fingerprint density at radius 3 is 2.48 bits per heavy atom. The highest BCUT2D eigenvalue weighted by atomic mass is 35.5. The largest absolute Gasteiger partial charge is 0.335 e. The van der Waals surface area contributed by atoms with Crippen LogP contribution in [0.3, 0.4) is 0 Å². The Bertz CT molecular complexity index is 749. The zero-order valence-corrected chi connectivity index (χ0v) is 15.5. The number of fused-ring (bicyclic) bond motifs is 2. The van der Waals surface area contributed by atoms with Gasteiger partial charge in [0.05, 0.1) is 4.92 Å². The normalized spacial score (nSPS) is 12.8. The summed E-state index contributed by atoms with van der Waals surface area (Å²) in [5.74, 6) is 0. The van der Waals surface area contributed by atoms with Crippen molar-refractivity contribution in [2.45, 2.75) is 19.3 Å². The van der Waals surface area contributed by atoms with E-state index in [0.29, 0.717) is 0 Å². The van der Waals surface area contributed by atoms with E-state index in [0.717, 1.165) is 49.3 Å². The molecule has 2 aromatic rings. The van der Waals surface area contributed by atoms with Crippen LogP contribution in [0.1, 0.15) is 17.5 Å². The molecule has 2 aromatic carbocycles. The third-order valence-corrected chi connectivity index (χ3v) is 4.50. The summed E-state index contributed by atoms with van der Waals surface area (Å²) in [6, 6.07) is 13.7. The smallest absolute Gasteiger partial charge is 0.293 e. The van der Waals surface area contributed by atoms with Crippen LogP contribution >= 0.6 is 12.4 Å². The fraction of sp³-hybridized carbons (Fsp3) is 0.368. The molecule has 0 aliphatic carbocycles. The Kier molecular flexibility index (Phi) is 6.39. The average Bonchev–Trinajstić information content (AvgIpc) is 2.72. The van der Waals surface area contributed by atoms with Gasteiger partial charge in [-0.05, 0) is 57.1 Å². The van der Waals surface area contributed by atoms with E-state index in [1.54, 1.807) is 12.1 Å². The number of para-hydroxylation sites is 2. The summed E-state index contributed by atoms with van der Waals surface area (Å²) in [7, 11) is 4.10. The van der Waals surface area contributed by atoms with E-state index < -0.39 is 0 Å². The van der Waals surface area contributed by atoms with Crippen molar-refractivity contribution in [1.29, 1.82) is 0 Å². The number of halogens is 1. The van der Waals surface area contributed by atoms with E-state index >= 15 is 0 Å². The van der Waals surface area contributed by atoms with Crippen molar-refractivity contribution < 1.29 is 4.92 Å². The highest BCUT2D eigenvalue weighted by Crippen LogP contribution is 2.41. The van der Waals surface area contributed by atoms with Crippen LogP contribution in [-0.2, 0) is 12.8 Å². The minimum atomic E-state index is -0.258. The Labute approximate surface area is 154 Å². The quantitative estimate of drug-likeness (QED) is 0.591. The number of nitro groups is 1. The van der Waals surface area contributed by atoms with E-state index in [1.807, 2.05) is 32.3 Å². The molecule has 0 unspecified atom stereocenters. The number of anilines is 2. The van der Waals surface area contributed by atoms with E-state index in [4.69, 9.17) is 0 Å². The molecule has 5 nitrogen and oxygen atoms in total. The Morgan fingerprint density at radius 2 is 1.76 bits per heavy atom. The molecule has 1 aliphatic rings. The number of hydrogen-bond donors (Lipinski definition) is 0. The van der Waals surface area contributed by atoms with Gasteiger partial charge in [0.15, 0.2) is 0 Å². The molecule has 0 atom stereocenters. The molecule has 0 saturated carbocycles. The molecule has 134 valence electrons. The van der Waals surface area contributed by atoms with Crippen molar-refractivity contribution in [3.63, 3.8) is 0 Å². The number of hydrogen-bond acceptors (Lipinski definition) is 4. The molecule has 1 aliphatic heterocycles. The second-order valence-electron chi connectivity index (χ2n) is 6.48. The molecule has 0 N–H and O–H groups in total. The summed E-state index contributed by atoms with van der Waals surface area (Å²) in [5.41, 5.74) is 4.39. The number of nitro benzene ring substituents is 1. The maximum absolute atomic E-state index is 11.6. The molecular weight excluding hydrogens is 338 g/mol. The number of rotatable bonds is 5. The summed E-state index contributed by atoms with van der Waals surface area (Å²) in [6.45, 7) is 1.72. The van der Waals surface area contributed by atoms with Gasteiger partial charge in [-0.15, -0.1) is 12.4 Å². The molecule has 1 heterocycles. The van der Waals surface area contributed by atoms with Crippen LogP contribution in [0.15, 0.2) is 42.5 Å². The second-order valence-corrected chi connectivity index (χ2v) is 6.48. The molecule has 0 fully saturated rings. The van der Waals surface area contributed by atoms with Crippen molar-refractivity contribution in [3.8, 4) is 0 Å². The van der Waals surface area contributed by atoms with E-state index in [2.05, 4.69) is 21.9 Å². The lowest BCUT2D eigenvalue weighted by molar-refractivity contribution is -0.384. The molecule has 6 heteroatoms. The Hall–Kier alpha value is -2.11. The fourth-order valence-corrected chi connectivity index (χ4v) is 3.39. The summed E-state index contributed by atoms with van der Waals surface area (Å²) in [5, 5.41) is 11.6. The lowest BCUT2D eigenvalue weighted by Gasteiger charge is -2.27. The predicted molar refractivity (Wildman–Crippen MR) is 104 cm³/mol. The molecule has 0 radical (unpaired) electrons. The van der Waals surface area contributed by atoms with Crippen molar-refractivity contribution in [2.75, 3.05) is 32.1 Å². The van der Waals surface area contributed by atoms with Gasteiger partial charge in [-0.1, -0.05) is 30.3 Å². The maximum atomic E-state index is 11.6. The third-order valence-electron chi connectivity index (χ3n) is 4.50. The maximum Gasteiger partial charge on any atom is 0.293 e. The summed E-state index contributed by atoms with van der Waals surface area (Å²) >= 11 is 0. The van der Waals surface area contributed by atoms with Crippen LogP contribution in [0, 0.1) is 10.1 Å². The van der Waals surface area contributed by atoms with Gasteiger partial charge in [0.25, 0.3) is 5.69 Å². The number of benzene rings is 2. The minimum Gasteiger partial charge on any atom is -0.335 e. The summed E-state index contributed by atoms with van der Waals surface area (Å²) in [6.07, 6.45) is 2.69. The highest BCUT2D eigenvalue weighted by molar-refractivity contribution is 5.85. The van der Waals surface area contributed by atoms with Crippen LogP contribution in [0.25, 0.3) is 0 Å². The molecule has 3 rings (SSSR count). The Morgan fingerprint density at radius 1 is 1.08 bits per heavy atom. The first-order valence-electron chi connectivity index (χ1n) is 8.34. The van der Waals surface area contributed by atoms with Gasteiger partial charge in [-0.3, -0.25) is 10.1 Å². The first-order valence-corrected chi connectivity index (χ1v) is 8.34. The fourth-order valence-electron chi connectivity index (χ4n) is 3.39. The van der Waals surface area contributed by atoms with Gasteiger partial charge in [0, 0.05) is 18.3 Å². The predicted octanol–water partition coefficient (Wildman–Crippen LogP) is 4.21. The SMILES string of the molecule is CN(C)CCCN1c2ccccc2CCc2cccc([N+](=O)[O-])c21.Cl. The minimum absolute atomic E-state index is 0. The standard InChI is InChI=1S/C19H23N3O2.ClH/c1-20(2)13-6-14-21-17-9-4-3-7-15(17)11-12-16-8-5-10-18(19(16)21)22(23)24;/h3-5,7-10H,6,11-14H2,1-2H3;1H. The van der Waals surface area contributed by atoms with Crippen molar-refractivity contribution in [1.82, 2.24) is 4.90 Å². The summed E-state index contributed by atoms with van der Waals surface area (Å²) in [4.78, 5) is 15.6. The monoisotopic (exact) mass is 361 g/mol. The molecule has 25 heavy (non-hydrogen) atoms. The van der Waals surface area contributed by atoms with E-state index in [9.17, 15) is 10.1 Å². The van der Waals surface area contributed by atoms with Crippen LogP contribution in [0.5, 0.6) is 0 Å². The van der Waals surface area contributed by atoms with Crippen LogP contribution in [0.4, 0.5) is 17.1 Å². The number of aryl methyl sites for hydroxylation is 2. The topological polar surface area (TPSA) is 49.6 Å². The van der Waals surface area contributed by atoms with Gasteiger partial charge < -0.3 is 9.80 Å². The molecule has 0 aromatic heterocycles. The lowest BCUT2D eigenvalue weighted by atomic mass is 10.0. The molecule has 0 amide bonds. The number of nitrogens with zero attached hydrogens (tertiary/aromatic N) is 3. The van der Waals surface area contributed by atoms with Crippen LogP contribution < -0.4 is 4.90 Å². The third kappa shape index (κ3) is 4.11. The molecule has 0 saturated heterocycles. The first kappa shape index (κ1) is 19.2. The van der Waals surface area contributed by atoms with E-state index in [-0.39, 0.29) is 23.0 Å². The second kappa shape index (κ2) is 8.32. The van der Waals surface area contributed by atoms with Gasteiger partial charge >= 0.3 is 0 Å². The zero-order chi connectivity index (χ0) is 17.1. The Balaban J connectivity index is 0.00000225. The van der Waals surface area contributed by atoms with E-state index in [1.165, 1.54) is 5.56 Å². The zero-order valence-electron chi connectivity index (χ0n) is 14.6. The van der Waals surface area contributed by atoms with Gasteiger partial charge in [-0.25, -0.2) is 0 Å². The molecular formula is C19H24ClN3O2. The highest BCUT2D eigenvalue weighted by Gasteiger charge is 2.27. The van der Waals surface area contributed by atoms with Gasteiger partial charge in [0.1, 0.15) is 5.69 Å². The average molecular weight is 362 g/mol. The van der Waals surface area contributed by atoms with Crippen molar-refractivity contribution >= 4 is 29.5 Å². The van der Waals surface area contributed by atoms with Gasteiger partial charge in [-0.2, -0.15) is 0 Å².